The molecule has 0 aliphatic carbocycles. The first-order chi connectivity index (χ1) is 16.0. The number of carbonyl (C=O) groups is 2. The zero-order valence-corrected chi connectivity index (χ0v) is 18.9. The summed E-state index contributed by atoms with van der Waals surface area (Å²) in [5.74, 6) is 1.42. The highest BCUT2D eigenvalue weighted by molar-refractivity contribution is 5.89. The molecular weight excluding hydrogens is 426 g/mol. The summed E-state index contributed by atoms with van der Waals surface area (Å²) >= 11 is 0. The number of hydrogen-bond donors (Lipinski definition) is 1. The van der Waals surface area contributed by atoms with E-state index >= 15 is 0 Å². The Morgan fingerprint density at radius 1 is 1.09 bits per heavy atom. The van der Waals surface area contributed by atoms with Crippen LogP contribution in [0.3, 0.4) is 0 Å². The van der Waals surface area contributed by atoms with Gasteiger partial charge in [0.05, 0.1) is 27.4 Å². The fourth-order valence-corrected chi connectivity index (χ4v) is 3.72. The number of hydrogen-bond acceptors (Lipinski definition) is 7. The molecule has 33 heavy (non-hydrogen) atoms. The molecule has 1 fully saturated rings. The Hall–Kier alpha value is -3.93. The van der Waals surface area contributed by atoms with E-state index in [-0.39, 0.29) is 18.4 Å². The minimum absolute atomic E-state index is 0.200. The second-order valence-corrected chi connectivity index (χ2v) is 7.40. The maximum absolute atomic E-state index is 13.0. The van der Waals surface area contributed by atoms with Crippen LogP contribution < -0.4 is 24.3 Å². The SMILES string of the molecule is COc1cccc(OCC(=O)N2CCC[C@H]2C(=O)NC(C#N)c2ccc(OC)c(OC)c2)c1. The largest absolute Gasteiger partial charge is 0.497 e. The van der Waals surface area contributed by atoms with Gasteiger partial charge in [0.25, 0.3) is 5.91 Å². The molecule has 2 aromatic rings. The molecule has 1 saturated heterocycles. The summed E-state index contributed by atoms with van der Waals surface area (Å²) in [4.78, 5) is 27.2. The van der Waals surface area contributed by atoms with Crippen LogP contribution in [-0.4, -0.2) is 57.2 Å². The maximum atomic E-state index is 13.0. The molecule has 1 aliphatic rings. The van der Waals surface area contributed by atoms with E-state index in [4.69, 9.17) is 18.9 Å². The van der Waals surface area contributed by atoms with Crippen molar-refractivity contribution in [3.63, 3.8) is 0 Å². The van der Waals surface area contributed by atoms with Crippen molar-refractivity contribution >= 4 is 11.8 Å². The van der Waals surface area contributed by atoms with E-state index in [1.807, 2.05) is 0 Å². The van der Waals surface area contributed by atoms with Gasteiger partial charge in [0.15, 0.2) is 18.1 Å². The molecule has 0 saturated carbocycles. The van der Waals surface area contributed by atoms with E-state index in [9.17, 15) is 14.9 Å². The van der Waals surface area contributed by atoms with Crippen molar-refractivity contribution in [2.45, 2.75) is 24.9 Å². The highest BCUT2D eigenvalue weighted by Crippen LogP contribution is 2.30. The molecule has 2 aromatic carbocycles. The highest BCUT2D eigenvalue weighted by atomic mass is 16.5. The normalized spacial score (nSPS) is 15.8. The molecule has 0 bridgehead atoms. The van der Waals surface area contributed by atoms with Crippen LogP contribution in [0.25, 0.3) is 0 Å². The number of nitrogens with zero attached hydrogens (tertiary/aromatic N) is 2. The number of rotatable bonds is 9. The Labute approximate surface area is 192 Å². The number of nitriles is 1. The molecule has 0 radical (unpaired) electrons. The molecule has 1 heterocycles. The molecular formula is C24H27N3O6. The van der Waals surface area contributed by atoms with E-state index in [2.05, 4.69) is 11.4 Å². The van der Waals surface area contributed by atoms with Gasteiger partial charge in [-0.05, 0) is 42.7 Å². The summed E-state index contributed by atoms with van der Waals surface area (Å²) in [6.07, 6.45) is 1.21. The topological polar surface area (TPSA) is 110 Å². The fraction of sp³-hybridized carbons (Fsp3) is 0.375. The van der Waals surface area contributed by atoms with Crippen molar-refractivity contribution in [3.05, 3.63) is 48.0 Å². The van der Waals surface area contributed by atoms with E-state index < -0.39 is 12.1 Å². The standard InChI is InChI=1S/C24H27N3O6/c1-30-17-6-4-7-18(13-17)33-15-23(28)27-11-5-8-20(27)24(29)26-19(14-25)16-9-10-21(31-2)22(12-16)32-3/h4,6-7,9-10,12-13,19-20H,5,8,11,15H2,1-3H3,(H,26,29)/t19?,20-/m0/s1. The van der Waals surface area contributed by atoms with Gasteiger partial charge >= 0.3 is 0 Å². The van der Waals surface area contributed by atoms with Crippen molar-refractivity contribution in [1.82, 2.24) is 10.2 Å². The van der Waals surface area contributed by atoms with Crippen LogP contribution >= 0.6 is 0 Å². The third-order valence-corrected chi connectivity index (χ3v) is 5.44. The molecule has 3 rings (SSSR count). The number of carbonyl (C=O) groups excluding carboxylic acids is 2. The van der Waals surface area contributed by atoms with Gasteiger partial charge in [0.2, 0.25) is 5.91 Å². The van der Waals surface area contributed by atoms with E-state index in [0.29, 0.717) is 47.9 Å². The number of nitrogens with one attached hydrogen (secondary N) is 1. The third-order valence-electron chi connectivity index (χ3n) is 5.44. The van der Waals surface area contributed by atoms with Crippen LogP contribution in [0.1, 0.15) is 24.4 Å². The minimum atomic E-state index is -0.900. The summed E-state index contributed by atoms with van der Waals surface area (Å²) in [6.45, 7) is 0.250. The van der Waals surface area contributed by atoms with Gasteiger partial charge in [0.1, 0.15) is 23.6 Å². The predicted octanol–water partition coefficient (Wildman–Crippen LogP) is 2.46. The Kier molecular flexibility index (Phi) is 7.97. The molecule has 1 unspecified atom stereocenters. The summed E-state index contributed by atoms with van der Waals surface area (Å²) in [7, 11) is 4.57. The maximum Gasteiger partial charge on any atom is 0.261 e. The number of methoxy groups -OCH3 is 3. The first kappa shape index (κ1) is 23.7. The molecule has 0 spiro atoms. The smallest absolute Gasteiger partial charge is 0.261 e. The Bertz CT molecular complexity index is 1040. The van der Waals surface area contributed by atoms with Crippen molar-refractivity contribution < 1.29 is 28.5 Å². The number of benzene rings is 2. The summed E-state index contributed by atoms with van der Waals surface area (Å²) in [5, 5.41) is 12.4. The predicted molar refractivity (Wildman–Crippen MR) is 119 cm³/mol. The molecule has 0 aromatic heterocycles. The number of amides is 2. The average molecular weight is 453 g/mol. The second-order valence-electron chi connectivity index (χ2n) is 7.40. The summed E-state index contributed by atoms with van der Waals surface area (Å²) in [5.41, 5.74) is 0.556. The minimum Gasteiger partial charge on any atom is -0.497 e. The molecule has 174 valence electrons. The summed E-state index contributed by atoms with van der Waals surface area (Å²) in [6, 6.07) is 12.5. The molecule has 1 aliphatic heterocycles. The van der Waals surface area contributed by atoms with Crippen molar-refractivity contribution in [1.29, 1.82) is 5.26 Å². The highest BCUT2D eigenvalue weighted by Gasteiger charge is 2.35. The Balaban J connectivity index is 1.64. The van der Waals surface area contributed by atoms with Gasteiger partial charge in [0, 0.05) is 12.6 Å². The molecule has 2 atom stereocenters. The van der Waals surface area contributed by atoms with E-state index in [0.717, 1.165) is 0 Å². The van der Waals surface area contributed by atoms with Crippen LogP contribution in [0, 0.1) is 11.3 Å². The first-order valence-corrected chi connectivity index (χ1v) is 10.5. The summed E-state index contributed by atoms with van der Waals surface area (Å²) < 4.78 is 21.2. The lowest BCUT2D eigenvalue weighted by Crippen LogP contribution is -2.48. The van der Waals surface area contributed by atoms with Gasteiger partial charge in [-0.15, -0.1) is 0 Å². The van der Waals surface area contributed by atoms with E-state index in [1.165, 1.54) is 19.1 Å². The van der Waals surface area contributed by atoms with Crippen LogP contribution in [0.5, 0.6) is 23.0 Å². The van der Waals surface area contributed by atoms with Gasteiger partial charge < -0.3 is 29.2 Å². The lowest BCUT2D eigenvalue weighted by molar-refractivity contribution is -0.140. The first-order valence-electron chi connectivity index (χ1n) is 10.5. The second kappa shape index (κ2) is 11.1. The van der Waals surface area contributed by atoms with Gasteiger partial charge in [-0.3, -0.25) is 9.59 Å². The number of ether oxygens (including phenoxy) is 4. The zero-order valence-electron chi connectivity index (χ0n) is 18.9. The van der Waals surface area contributed by atoms with Gasteiger partial charge in [-0.25, -0.2) is 0 Å². The van der Waals surface area contributed by atoms with Crippen LogP contribution in [0.2, 0.25) is 0 Å². The molecule has 9 nitrogen and oxygen atoms in total. The third kappa shape index (κ3) is 5.66. The lowest BCUT2D eigenvalue weighted by atomic mass is 10.1. The number of likely N-dealkylation sites (tertiary alicyclic amines) is 1. The quantitative estimate of drug-likeness (QED) is 0.621. The van der Waals surface area contributed by atoms with E-state index in [1.54, 1.807) is 49.6 Å². The molecule has 9 heteroatoms. The fourth-order valence-electron chi connectivity index (χ4n) is 3.72. The lowest BCUT2D eigenvalue weighted by Gasteiger charge is -2.25. The van der Waals surface area contributed by atoms with Crippen molar-refractivity contribution in [2.75, 3.05) is 34.5 Å². The monoisotopic (exact) mass is 453 g/mol. The van der Waals surface area contributed by atoms with Crippen molar-refractivity contribution in [3.8, 4) is 29.1 Å². The van der Waals surface area contributed by atoms with Crippen LogP contribution in [0.15, 0.2) is 42.5 Å². The Morgan fingerprint density at radius 2 is 1.85 bits per heavy atom. The molecule has 1 N–H and O–H groups in total. The van der Waals surface area contributed by atoms with Gasteiger partial charge in [-0.2, -0.15) is 5.26 Å². The molecule has 2 amide bonds. The Morgan fingerprint density at radius 3 is 2.55 bits per heavy atom. The average Bonchev–Trinajstić information content (AvgIpc) is 3.35. The van der Waals surface area contributed by atoms with Crippen molar-refractivity contribution in [2.24, 2.45) is 0 Å². The van der Waals surface area contributed by atoms with Crippen LogP contribution in [-0.2, 0) is 9.59 Å². The van der Waals surface area contributed by atoms with Gasteiger partial charge in [-0.1, -0.05) is 12.1 Å². The van der Waals surface area contributed by atoms with Crippen LogP contribution in [0.4, 0.5) is 0 Å². The zero-order chi connectivity index (χ0) is 23.8.